The quantitative estimate of drug-likeness (QED) is 0.794. The molecule has 1 heterocycles. The summed E-state index contributed by atoms with van der Waals surface area (Å²) in [6.07, 6.45) is 0.939. The maximum Gasteiger partial charge on any atom is 0.290 e. The molecule has 0 aliphatic heterocycles. The van der Waals surface area contributed by atoms with Crippen LogP contribution in [0.15, 0.2) is 4.79 Å². The second kappa shape index (κ2) is 3.90. The highest BCUT2D eigenvalue weighted by molar-refractivity contribution is 5.43. The third-order valence-corrected chi connectivity index (χ3v) is 2.43. The molecule has 0 bridgehead atoms. The Morgan fingerprint density at radius 3 is 2.36 bits per heavy atom. The van der Waals surface area contributed by atoms with Crippen molar-refractivity contribution in [2.24, 2.45) is 7.05 Å². The van der Waals surface area contributed by atoms with E-state index in [9.17, 15) is 4.79 Å². The summed E-state index contributed by atoms with van der Waals surface area (Å²) >= 11 is 0. The van der Waals surface area contributed by atoms with Gasteiger partial charge in [0.05, 0.1) is 5.69 Å². The fourth-order valence-electron chi connectivity index (χ4n) is 1.84. The van der Waals surface area contributed by atoms with Crippen molar-refractivity contribution in [3.8, 4) is 0 Å². The zero-order valence-electron chi connectivity index (χ0n) is 9.37. The standard InChI is InChI=1S/C10H19N3O/c1-5-6-13-10(14)8(11)9(7(2)3)12(13)4/h7H,5-6,11H2,1-4H3. The van der Waals surface area contributed by atoms with Crippen LogP contribution in [0.2, 0.25) is 0 Å². The number of hydrogen-bond acceptors (Lipinski definition) is 2. The first-order chi connectivity index (χ1) is 6.50. The zero-order valence-corrected chi connectivity index (χ0v) is 9.37. The molecule has 0 saturated carbocycles. The van der Waals surface area contributed by atoms with Crippen molar-refractivity contribution in [2.75, 3.05) is 5.73 Å². The minimum absolute atomic E-state index is 0.0574. The molecule has 0 atom stereocenters. The molecule has 4 nitrogen and oxygen atoms in total. The average Bonchev–Trinajstić information content (AvgIpc) is 2.30. The first-order valence-corrected chi connectivity index (χ1v) is 5.05. The highest BCUT2D eigenvalue weighted by atomic mass is 16.1. The molecule has 0 radical (unpaired) electrons. The Morgan fingerprint density at radius 1 is 1.43 bits per heavy atom. The molecule has 1 rings (SSSR count). The van der Waals surface area contributed by atoms with Crippen LogP contribution < -0.4 is 11.3 Å². The predicted molar refractivity (Wildman–Crippen MR) is 58.5 cm³/mol. The van der Waals surface area contributed by atoms with E-state index in [-0.39, 0.29) is 11.5 Å². The van der Waals surface area contributed by atoms with Crippen molar-refractivity contribution in [1.29, 1.82) is 0 Å². The summed E-state index contributed by atoms with van der Waals surface area (Å²) in [4.78, 5) is 11.7. The molecule has 2 N–H and O–H groups in total. The number of anilines is 1. The van der Waals surface area contributed by atoms with E-state index in [1.165, 1.54) is 0 Å². The van der Waals surface area contributed by atoms with Crippen LogP contribution in [0.4, 0.5) is 5.69 Å². The van der Waals surface area contributed by atoms with E-state index in [0.29, 0.717) is 5.69 Å². The van der Waals surface area contributed by atoms with Crippen LogP contribution in [0, 0.1) is 0 Å². The Balaban J connectivity index is 3.34. The number of aromatic nitrogens is 2. The van der Waals surface area contributed by atoms with Gasteiger partial charge in [0.1, 0.15) is 5.69 Å². The van der Waals surface area contributed by atoms with E-state index >= 15 is 0 Å². The maximum atomic E-state index is 11.7. The van der Waals surface area contributed by atoms with Gasteiger partial charge in [-0.1, -0.05) is 20.8 Å². The molecule has 0 aromatic carbocycles. The molecule has 0 amide bonds. The normalized spacial score (nSPS) is 11.2. The number of nitrogens with zero attached hydrogens (tertiary/aromatic N) is 2. The Kier molecular flexibility index (Phi) is 3.03. The van der Waals surface area contributed by atoms with Crippen molar-refractivity contribution < 1.29 is 0 Å². The third-order valence-electron chi connectivity index (χ3n) is 2.43. The first kappa shape index (κ1) is 10.9. The lowest BCUT2D eigenvalue weighted by Crippen LogP contribution is -2.22. The Morgan fingerprint density at radius 2 is 2.00 bits per heavy atom. The highest BCUT2D eigenvalue weighted by Gasteiger charge is 2.16. The third kappa shape index (κ3) is 1.56. The van der Waals surface area contributed by atoms with Gasteiger partial charge >= 0.3 is 0 Å². The lowest BCUT2D eigenvalue weighted by Gasteiger charge is -2.10. The van der Waals surface area contributed by atoms with Crippen molar-refractivity contribution in [2.45, 2.75) is 39.7 Å². The van der Waals surface area contributed by atoms with Gasteiger partial charge in [-0.15, -0.1) is 0 Å². The number of hydrogen-bond donors (Lipinski definition) is 1. The molecule has 0 aliphatic rings. The molecule has 14 heavy (non-hydrogen) atoms. The van der Waals surface area contributed by atoms with E-state index in [1.54, 1.807) is 4.68 Å². The van der Waals surface area contributed by atoms with Crippen LogP contribution in [0.5, 0.6) is 0 Å². The first-order valence-electron chi connectivity index (χ1n) is 5.05. The molecule has 4 heteroatoms. The van der Waals surface area contributed by atoms with Crippen LogP contribution in [0.3, 0.4) is 0 Å². The highest BCUT2D eigenvalue weighted by Crippen LogP contribution is 2.18. The molecule has 1 aromatic rings. The summed E-state index contributed by atoms with van der Waals surface area (Å²) in [5.41, 5.74) is 7.06. The molecular weight excluding hydrogens is 178 g/mol. The Hall–Kier alpha value is -1.19. The summed E-state index contributed by atoms with van der Waals surface area (Å²) in [5, 5.41) is 0. The van der Waals surface area contributed by atoms with Gasteiger partial charge in [0.25, 0.3) is 5.56 Å². The van der Waals surface area contributed by atoms with Crippen molar-refractivity contribution >= 4 is 5.69 Å². The molecule has 80 valence electrons. The summed E-state index contributed by atoms with van der Waals surface area (Å²) < 4.78 is 3.58. The van der Waals surface area contributed by atoms with Crippen LogP contribution in [-0.2, 0) is 13.6 Å². The number of nitrogen functional groups attached to an aromatic ring is 1. The minimum atomic E-state index is -0.0574. The molecule has 1 aromatic heterocycles. The fourth-order valence-corrected chi connectivity index (χ4v) is 1.84. The fraction of sp³-hybridized carbons (Fsp3) is 0.700. The van der Waals surface area contributed by atoms with E-state index < -0.39 is 0 Å². The second-order valence-electron chi connectivity index (χ2n) is 3.91. The summed E-state index contributed by atoms with van der Waals surface area (Å²) in [7, 11) is 1.89. The van der Waals surface area contributed by atoms with Crippen LogP contribution >= 0.6 is 0 Å². The van der Waals surface area contributed by atoms with Gasteiger partial charge < -0.3 is 5.73 Å². The predicted octanol–water partition coefficient (Wildman–Crippen LogP) is 1.30. The van der Waals surface area contributed by atoms with Gasteiger partial charge in [-0.2, -0.15) is 0 Å². The second-order valence-corrected chi connectivity index (χ2v) is 3.91. The molecule has 0 aliphatic carbocycles. The lowest BCUT2D eigenvalue weighted by atomic mass is 10.1. The molecule has 0 spiro atoms. The van der Waals surface area contributed by atoms with E-state index in [4.69, 9.17) is 5.73 Å². The van der Waals surface area contributed by atoms with Gasteiger partial charge in [0.2, 0.25) is 0 Å². The SMILES string of the molecule is CCCn1c(=O)c(N)c(C(C)C)n1C. The molecule has 0 fully saturated rings. The van der Waals surface area contributed by atoms with Crippen LogP contribution in [0.25, 0.3) is 0 Å². The number of rotatable bonds is 3. The molecule has 0 saturated heterocycles. The lowest BCUT2D eigenvalue weighted by molar-refractivity contribution is 0.470. The van der Waals surface area contributed by atoms with Gasteiger partial charge in [0.15, 0.2) is 0 Å². The van der Waals surface area contributed by atoms with Crippen LogP contribution in [0.1, 0.15) is 38.8 Å². The summed E-state index contributed by atoms with van der Waals surface area (Å²) in [5.74, 6) is 0.283. The van der Waals surface area contributed by atoms with Gasteiger partial charge in [-0.3, -0.25) is 9.48 Å². The maximum absolute atomic E-state index is 11.7. The van der Waals surface area contributed by atoms with Crippen molar-refractivity contribution in [3.63, 3.8) is 0 Å². The number of nitrogens with two attached hydrogens (primary N) is 1. The van der Waals surface area contributed by atoms with Gasteiger partial charge in [-0.05, 0) is 12.3 Å². The Labute approximate surface area is 84.3 Å². The smallest absolute Gasteiger partial charge is 0.290 e. The minimum Gasteiger partial charge on any atom is -0.393 e. The largest absolute Gasteiger partial charge is 0.393 e. The molecular formula is C10H19N3O. The topological polar surface area (TPSA) is 52.9 Å². The Bertz CT molecular complexity index is 373. The van der Waals surface area contributed by atoms with Crippen LogP contribution in [-0.4, -0.2) is 9.36 Å². The van der Waals surface area contributed by atoms with E-state index in [0.717, 1.165) is 18.7 Å². The van der Waals surface area contributed by atoms with E-state index in [2.05, 4.69) is 0 Å². The van der Waals surface area contributed by atoms with Gasteiger partial charge in [0, 0.05) is 13.6 Å². The van der Waals surface area contributed by atoms with E-state index in [1.807, 2.05) is 32.5 Å². The summed E-state index contributed by atoms with van der Waals surface area (Å²) in [6, 6.07) is 0. The van der Waals surface area contributed by atoms with Crippen molar-refractivity contribution in [1.82, 2.24) is 9.36 Å². The monoisotopic (exact) mass is 197 g/mol. The summed E-state index contributed by atoms with van der Waals surface area (Å²) in [6.45, 7) is 6.86. The average molecular weight is 197 g/mol. The van der Waals surface area contributed by atoms with Crippen molar-refractivity contribution in [3.05, 3.63) is 16.0 Å². The zero-order chi connectivity index (χ0) is 10.9. The molecule has 0 unspecified atom stereocenters. The van der Waals surface area contributed by atoms with Gasteiger partial charge in [-0.25, -0.2) is 4.68 Å².